The van der Waals surface area contributed by atoms with Crippen molar-refractivity contribution in [3.63, 3.8) is 0 Å². The molecule has 96 valence electrons. The molecule has 0 heterocycles. The Balaban J connectivity index is 1.96. The van der Waals surface area contributed by atoms with Crippen LogP contribution in [0.4, 0.5) is 15.8 Å². The van der Waals surface area contributed by atoms with Gasteiger partial charge in [0.2, 0.25) is 0 Å². The van der Waals surface area contributed by atoms with Gasteiger partial charge >= 0.3 is 11.8 Å². The molecule has 0 saturated carbocycles. The number of rotatable bonds is 2. The molecule has 2 rings (SSSR count). The summed E-state index contributed by atoms with van der Waals surface area (Å²) in [4.78, 5) is 23.2. The molecule has 0 aromatic heterocycles. The topological polar surface area (TPSA) is 58.2 Å². The molecule has 2 amide bonds. The molecule has 0 fully saturated rings. The molecule has 2 aromatic rings. The molecular weight excluding hydrogens is 247 g/mol. The SMILES string of the molecule is O=C(Nc1ccccc1)C(=O)Nc1ccc(F)cc1. The summed E-state index contributed by atoms with van der Waals surface area (Å²) >= 11 is 0. The fraction of sp³-hybridized carbons (Fsp3) is 0. The molecule has 19 heavy (non-hydrogen) atoms. The van der Waals surface area contributed by atoms with Crippen molar-refractivity contribution in [2.75, 3.05) is 10.6 Å². The first-order valence-corrected chi connectivity index (χ1v) is 5.58. The second-order valence-electron chi connectivity index (χ2n) is 3.78. The highest BCUT2D eigenvalue weighted by Crippen LogP contribution is 2.09. The number of hydrogen-bond donors (Lipinski definition) is 2. The maximum Gasteiger partial charge on any atom is 0.314 e. The van der Waals surface area contributed by atoms with Crippen molar-refractivity contribution in [2.24, 2.45) is 0 Å². The first-order chi connectivity index (χ1) is 9.15. The van der Waals surface area contributed by atoms with Crippen LogP contribution in [0.25, 0.3) is 0 Å². The molecule has 2 aromatic carbocycles. The van der Waals surface area contributed by atoms with E-state index in [1.807, 2.05) is 0 Å². The van der Waals surface area contributed by atoms with E-state index in [0.717, 1.165) is 0 Å². The first-order valence-electron chi connectivity index (χ1n) is 5.58. The fourth-order valence-corrected chi connectivity index (χ4v) is 1.43. The summed E-state index contributed by atoms with van der Waals surface area (Å²) in [6.45, 7) is 0. The first kappa shape index (κ1) is 12.8. The van der Waals surface area contributed by atoms with Gasteiger partial charge in [-0.15, -0.1) is 0 Å². The number of hydrogen-bond acceptors (Lipinski definition) is 2. The van der Waals surface area contributed by atoms with Gasteiger partial charge in [0.05, 0.1) is 0 Å². The average Bonchev–Trinajstić information content (AvgIpc) is 2.42. The second kappa shape index (κ2) is 5.77. The Hall–Kier alpha value is -2.69. The Kier molecular flexibility index (Phi) is 3.87. The Bertz CT molecular complexity index is 582. The van der Waals surface area contributed by atoms with Crippen molar-refractivity contribution >= 4 is 23.2 Å². The largest absolute Gasteiger partial charge is 0.318 e. The van der Waals surface area contributed by atoms with Crippen LogP contribution in [0, 0.1) is 5.82 Å². The quantitative estimate of drug-likeness (QED) is 0.813. The molecular formula is C14H11FN2O2. The minimum absolute atomic E-state index is 0.356. The fourth-order valence-electron chi connectivity index (χ4n) is 1.43. The third kappa shape index (κ3) is 3.64. The standard InChI is InChI=1S/C14H11FN2O2/c15-10-6-8-12(9-7-10)17-14(19)13(18)16-11-4-2-1-3-5-11/h1-9H,(H,16,18)(H,17,19). The smallest absolute Gasteiger partial charge is 0.314 e. The lowest BCUT2D eigenvalue weighted by atomic mass is 10.3. The number of para-hydroxylation sites is 1. The van der Waals surface area contributed by atoms with Crippen LogP contribution >= 0.6 is 0 Å². The molecule has 0 spiro atoms. The van der Waals surface area contributed by atoms with Crippen molar-refractivity contribution in [2.45, 2.75) is 0 Å². The van der Waals surface area contributed by atoms with Crippen LogP contribution in [-0.4, -0.2) is 11.8 Å². The van der Waals surface area contributed by atoms with Gasteiger partial charge in [0.15, 0.2) is 0 Å². The minimum atomic E-state index is -0.810. The van der Waals surface area contributed by atoms with Crippen molar-refractivity contribution in [1.82, 2.24) is 0 Å². The van der Waals surface area contributed by atoms with Gasteiger partial charge in [-0.2, -0.15) is 0 Å². The van der Waals surface area contributed by atoms with Crippen molar-refractivity contribution in [3.05, 3.63) is 60.4 Å². The van der Waals surface area contributed by atoms with E-state index in [2.05, 4.69) is 10.6 Å². The van der Waals surface area contributed by atoms with Gasteiger partial charge in [0.1, 0.15) is 5.82 Å². The maximum absolute atomic E-state index is 12.7. The highest BCUT2D eigenvalue weighted by atomic mass is 19.1. The molecule has 0 aliphatic rings. The average molecular weight is 258 g/mol. The number of nitrogens with one attached hydrogen (secondary N) is 2. The van der Waals surface area contributed by atoms with Crippen LogP contribution < -0.4 is 10.6 Å². The number of carbonyl (C=O) groups is 2. The van der Waals surface area contributed by atoms with Crippen molar-refractivity contribution in [3.8, 4) is 0 Å². The third-order valence-electron chi connectivity index (χ3n) is 2.34. The maximum atomic E-state index is 12.7. The molecule has 0 bridgehead atoms. The summed E-state index contributed by atoms with van der Waals surface area (Å²) in [6, 6.07) is 13.8. The van der Waals surface area contributed by atoms with Crippen molar-refractivity contribution in [1.29, 1.82) is 0 Å². The lowest BCUT2D eigenvalue weighted by molar-refractivity contribution is -0.132. The Morgan fingerprint density at radius 2 is 1.21 bits per heavy atom. The van der Waals surface area contributed by atoms with E-state index in [0.29, 0.717) is 11.4 Å². The van der Waals surface area contributed by atoms with Gasteiger partial charge in [-0.1, -0.05) is 18.2 Å². The number of anilines is 2. The third-order valence-corrected chi connectivity index (χ3v) is 2.34. The minimum Gasteiger partial charge on any atom is -0.318 e. The molecule has 5 heteroatoms. The van der Waals surface area contributed by atoms with Crippen LogP contribution in [0.15, 0.2) is 54.6 Å². The number of benzene rings is 2. The van der Waals surface area contributed by atoms with Gasteiger partial charge in [0.25, 0.3) is 0 Å². The second-order valence-corrected chi connectivity index (χ2v) is 3.78. The zero-order valence-corrected chi connectivity index (χ0v) is 9.89. The number of carbonyl (C=O) groups excluding carboxylic acids is 2. The summed E-state index contributed by atoms with van der Waals surface area (Å²) in [6.07, 6.45) is 0. The van der Waals surface area contributed by atoms with Crippen LogP contribution in [0.3, 0.4) is 0 Å². The van der Waals surface area contributed by atoms with Crippen LogP contribution in [0.1, 0.15) is 0 Å². The summed E-state index contributed by atoms with van der Waals surface area (Å²) in [7, 11) is 0. The lowest BCUT2D eigenvalue weighted by Gasteiger charge is -2.06. The molecule has 0 saturated heterocycles. The van der Waals surface area contributed by atoms with Gasteiger partial charge in [-0.05, 0) is 36.4 Å². The molecule has 0 radical (unpaired) electrons. The summed E-state index contributed by atoms with van der Waals surface area (Å²) < 4.78 is 12.7. The zero-order chi connectivity index (χ0) is 13.7. The summed E-state index contributed by atoms with van der Waals surface area (Å²) in [5.74, 6) is -2.00. The lowest BCUT2D eigenvalue weighted by Crippen LogP contribution is -2.29. The summed E-state index contributed by atoms with van der Waals surface area (Å²) in [5.41, 5.74) is 0.886. The Morgan fingerprint density at radius 1 is 0.737 bits per heavy atom. The zero-order valence-electron chi connectivity index (χ0n) is 9.89. The van der Waals surface area contributed by atoms with Crippen LogP contribution in [0.2, 0.25) is 0 Å². The van der Waals surface area contributed by atoms with E-state index in [9.17, 15) is 14.0 Å². The molecule has 0 atom stereocenters. The molecule has 2 N–H and O–H groups in total. The normalized spacial score (nSPS) is 9.74. The predicted molar refractivity (Wildman–Crippen MR) is 70.1 cm³/mol. The summed E-state index contributed by atoms with van der Waals surface area (Å²) in [5, 5.41) is 4.82. The van der Waals surface area contributed by atoms with Gasteiger partial charge in [-0.3, -0.25) is 9.59 Å². The molecule has 0 aliphatic heterocycles. The Labute approximate surface area is 109 Å². The molecule has 0 unspecified atom stereocenters. The van der Waals surface area contributed by atoms with Crippen LogP contribution in [0.5, 0.6) is 0 Å². The van der Waals surface area contributed by atoms with Gasteiger partial charge in [0, 0.05) is 11.4 Å². The van der Waals surface area contributed by atoms with Gasteiger partial charge < -0.3 is 10.6 Å². The molecule has 0 aliphatic carbocycles. The highest BCUT2D eigenvalue weighted by molar-refractivity contribution is 6.43. The monoisotopic (exact) mass is 258 g/mol. The van der Waals surface area contributed by atoms with E-state index < -0.39 is 17.6 Å². The predicted octanol–water partition coefficient (Wildman–Crippen LogP) is 2.40. The number of halogens is 1. The van der Waals surface area contributed by atoms with E-state index in [4.69, 9.17) is 0 Å². The molecule has 4 nitrogen and oxygen atoms in total. The van der Waals surface area contributed by atoms with E-state index in [-0.39, 0.29) is 0 Å². The van der Waals surface area contributed by atoms with Gasteiger partial charge in [-0.25, -0.2) is 4.39 Å². The van der Waals surface area contributed by atoms with E-state index in [1.165, 1.54) is 24.3 Å². The van der Waals surface area contributed by atoms with Crippen molar-refractivity contribution < 1.29 is 14.0 Å². The number of amides is 2. The highest BCUT2D eigenvalue weighted by Gasteiger charge is 2.13. The van der Waals surface area contributed by atoms with E-state index in [1.54, 1.807) is 30.3 Å². The van der Waals surface area contributed by atoms with Crippen LogP contribution in [-0.2, 0) is 9.59 Å². The Morgan fingerprint density at radius 3 is 1.74 bits per heavy atom. The van der Waals surface area contributed by atoms with E-state index >= 15 is 0 Å².